The lowest BCUT2D eigenvalue weighted by Gasteiger charge is -2.49. The number of rotatable bonds is 3. The SMILES string of the molecule is Cc1cnc2c(N)c(C(=O)N[C@H]3COc4c(C#N)c(N5CC6CC(C5)N6)cc(F)c4C3)sc2n1. The number of hydrogen-bond donors (Lipinski definition) is 3. The van der Waals surface area contributed by atoms with E-state index in [4.69, 9.17) is 10.5 Å². The van der Waals surface area contributed by atoms with Crippen molar-refractivity contribution >= 4 is 39.0 Å². The third kappa shape index (κ3) is 3.33. The third-order valence-corrected chi connectivity index (χ3v) is 7.75. The maximum atomic E-state index is 15.2. The summed E-state index contributed by atoms with van der Waals surface area (Å²) in [4.78, 5) is 24.6. The molecule has 4 aliphatic rings. The molecule has 3 atom stereocenters. The summed E-state index contributed by atoms with van der Waals surface area (Å²) in [6.45, 7) is 3.42. The number of nitriles is 1. The van der Waals surface area contributed by atoms with E-state index in [1.807, 2.05) is 6.92 Å². The van der Waals surface area contributed by atoms with Gasteiger partial charge in [0.15, 0.2) is 0 Å². The van der Waals surface area contributed by atoms with E-state index < -0.39 is 11.9 Å². The molecular formula is C23H22FN7O2S. The quantitative estimate of drug-likeness (QED) is 0.519. The van der Waals surface area contributed by atoms with Crippen LogP contribution in [0.5, 0.6) is 5.75 Å². The Morgan fingerprint density at radius 1 is 1.44 bits per heavy atom. The normalized spacial score (nSPS) is 23.0. The van der Waals surface area contributed by atoms with Crippen molar-refractivity contribution in [2.45, 2.75) is 37.9 Å². The van der Waals surface area contributed by atoms with Gasteiger partial charge in [0.2, 0.25) is 0 Å². The first-order chi connectivity index (χ1) is 16.4. The molecule has 3 fully saturated rings. The van der Waals surface area contributed by atoms with Crippen LogP contribution in [0.4, 0.5) is 15.8 Å². The Hall–Kier alpha value is -3.49. The van der Waals surface area contributed by atoms with Crippen molar-refractivity contribution in [3.8, 4) is 11.8 Å². The van der Waals surface area contributed by atoms with Gasteiger partial charge in [0.05, 0.1) is 23.1 Å². The molecule has 2 unspecified atom stereocenters. The minimum atomic E-state index is -0.467. The lowest BCUT2D eigenvalue weighted by atomic mass is 9.90. The maximum absolute atomic E-state index is 15.2. The summed E-state index contributed by atoms with van der Waals surface area (Å²) >= 11 is 1.17. The Kier molecular flexibility index (Phi) is 4.82. The number of carbonyl (C=O) groups excluding carboxylic acids is 1. The van der Waals surface area contributed by atoms with Gasteiger partial charge in [0, 0.05) is 43.4 Å². The van der Waals surface area contributed by atoms with Crippen LogP contribution in [0.3, 0.4) is 0 Å². The second-order valence-electron chi connectivity index (χ2n) is 9.07. The lowest BCUT2D eigenvalue weighted by molar-refractivity contribution is 0.0919. The molecule has 1 amide bonds. The lowest BCUT2D eigenvalue weighted by Crippen LogP contribution is -2.67. The molecule has 4 N–H and O–H groups in total. The predicted molar refractivity (Wildman–Crippen MR) is 126 cm³/mol. The van der Waals surface area contributed by atoms with E-state index in [0.717, 1.165) is 25.2 Å². The number of nitrogens with zero attached hydrogens (tertiary/aromatic N) is 4. The number of amides is 1. The van der Waals surface area contributed by atoms with Crippen LogP contribution in [0.2, 0.25) is 0 Å². The highest BCUT2D eigenvalue weighted by molar-refractivity contribution is 7.21. The monoisotopic (exact) mass is 479 g/mol. The Morgan fingerprint density at radius 2 is 2.21 bits per heavy atom. The number of piperidine rings is 1. The number of ether oxygens (including phenoxy) is 1. The van der Waals surface area contributed by atoms with Crippen LogP contribution in [0, 0.1) is 24.1 Å². The number of benzene rings is 1. The molecular weight excluding hydrogens is 457 g/mol. The molecule has 174 valence electrons. The van der Waals surface area contributed by atoms with E-state index in [1.165, 1.54) is 17.4 Å². The highest BCUT2D eigenvalue weighted by Gasteiger charge is 2.38. The summed E-state index contributed by atoms with van der Waals surface area (Å²) < 4.78 is 21.1. The summed E-state index contributed by atoms with van der Waals surface area (Å²) in [5.74, 6) is -0.532. The molecule has 3 saturated heterocycles. The van der Waals surface area contributed by atoms with Gasteiger partial charge in [0.25, 0.3) is 5.91 Å². The highest BCUT2D eigenvalue weighted by atomic mass is 32.1. The number of halogens is 1. The molecule has 2 aromatic heterocycles. The second kappa shape index (κ2) is 7.78. The van der Waals surface area contributed by atoms with Crippen molar-refractivity contribution in [2.24, 2.45) is 0 Å². The van der Waals surface area contributed by atoms with E-state index in [-0.39, 0.29) is 30.4 Å². The van der Waals surface area contributed by atoms with Gasteiger partial charge in [-0.25, -0.2) is 14.4 Å². The Bertz CT molecular complexity index is 1370. The maximum Gasteiger partial charge on any atom is 0.263 e. The fourth-order valence-corrected chi connectivity index (χ4v) is 6.04. The largest absolute Gasteiger partial charge is 0.490 e. The Labute approximate surface area is 198 Å². The first-order valence-electron chi connectivity index (χ1n) is 11.1. The Balaban J connectivity index is 1.24. The van der Waals surface area contributed by atoms with E-state index in [9.17, 15) is 10.1 Å². The summed E-state index contributed by atoms with van der Waals surface area (Å²) in [5.41, 5.74) is 8.88. The van der Waals surface area contributed by atoms with Gasteiger partial charge in [-0.05, 0) is 19.4 Å². The molecule has 11 heteroatoms. The van der Waals surface area contributed by atoms with Crippen molar-refractivity contribution in [2.75, 3.05) is 30.3 Å². The minimum absolute atomic E-state index is 0.128. The second-order valence-corrected chi connectivity index (χ2v) is 10.1. The van der Waals surface area contributed by atoms with Crippen molar-refractivity contribution in [1.82, 2.24) is 20.6 Å². The van der Waals surface area contributed by atoms with Crippen molar-refractivity contribution in [1.29, 1.82) is 5.26 Å². The zero-order valence-electron chi connectivity index (χ0n) is 18.4. The van der Waals surface area contributed by atoms with Crippen LogP contribution in [0.25, 0.3) is 10.3 Å². The topological polar surface area (TPSA) is 129 Å². The minimum Gasteiger partial charge on any atom is -0.490 e. The van der Waals surface area contributed by atoms with Crippen LogP contribution in [-0.4, -0.2) is 53.7 Å². The highest BCUT2D eigenvalue weighted by Crippen LogP contribution is 2.39. The van der Waals surface area contributed by atoms with Crippen molar-refractivity contribution in [3.05, 3.63) is 39.8 Å². The number of carbonyl (C=O) groups is 1. The molecule has 3 aromatic rings. The first kappa shape index (κ1) is 21.1. The average Bonchev–Trinajstić information content (AvgIpc) is 3.14. The van der Waals surface area contributed by atoms with Crippen LogP contribution in [0.1, 0.15) is 32.9 Å². The number of nitrogens with one attached hydrogen (secondary N) is 2. The molecule has 7 rings (SSSR count). The number of hydrogen-bond acceptors (Lipinski definition) is 9. The average molecular weight is 480 g/mol. The molecule has 9 nitrogen and oxygen atoms in total. The number of aryl methyl sites for hydroxylation is 1. The molecule has 1 aromatic carbocycles. The van der Waals surface area contributed by atoms with Crippen LogP contribution in [-0.2, 0) is 6.42 Å². The predicted octanol–water partition coefficient (Wildman–Crippen LogP) is 1.88. The van der Waals surface area contributed by atoms with Gasteiger partial charge < -0.3 is 26.0 Å². The number of anilines is 2. The molecule has 2 bridgehead atoms. The molecule has 6 heterocycles. The summed E-state index contributed by atoms with van der Waals surface area (Å²) in [6, 6.07) is 3.93. The standard InChI is InChI=1S/C23H22FN7O2S/c1-10-6-27-19-18(26)21(34-23(19)28-10)22(32)30-13-3-14-16(24)4-17(15(5-25)20(14)33-9-13)31-7-11-2-12(8-31)29-11/h4,6,11-13,29H,2-3,7-9,26H2,1H3,(H,30,32)/t11?,12?,13-/m1/s1. The molecule has 4 aliphatic heterocycles. The van der Waals surface area contributed by atoms with Gasteiger partial charge in [-0.3, -0.25) is 4.79 Å². The van der Waals surface area contributed by atoms with Crippen LogP contribution < -0.4 is 26.0 Å². The fourth-order valence-electron chi connectivity index (χ4n) is 5.04. The van der Waals surface area contributed by atoms with Crippen molar-refractivity contribution < 1.29 is 13.9 Å². The number of aromatic nitrogens is 2. The number of fused-ring (bicyclic) bond motifs is 4. The summed E-state index contributed by atoms with van der Waals surface area (Å²) in [7, 11) is 0. The first-order valence-corrected chi connectivity index (χ1v) is 11.9. The molecule has 0 saturated carbocycles. The molecule has 0 radical (unpaired) electrons. The molecule has 34 heavy (non-hydrogen) atoms. The van der Waals surface area contributed by atoms with E-state index >= 15 is 4.39 Å². The number of piperazine rings is 1. The van der Waals surface area contributed by atoms with Crippen LogP contribution >= 0.6 is 11.3 Å². The van der Waals surface area contributed by atoms with Gasteiger partial charge in [-0.15, -0.1) is 11.3 Å². The van der Waals surface area contributed by atoms with Crippen LogP contribution in [0.15, 0.2) is 12.3 Å². The van der Waals surface area contributed by atoms with Gasteiger partial charge >= 0.3 is 0 Å². The number of nitrogens with two attached hydrogens (primary N) is 1. The number of nitrogen functional groups attached to an aromatic ring is 1. The summed E-state index contributed by atoms with van der Waals surface area (Å²) in [5, 5.41) is 16.2. The van der Waals surface area contributed by atoms with Gasteiger partial charge in [-0.1, -0.05) is 0 Å². The van der Waals surface area contributed by atoms with Gasteiger partial charge in [0.1, 0.15) is 45.0 Å². The fraction of sp³-hybridized carbons (Fsp3) is 0.391. The van der Waals surface area contributed by atoms with E-state index in [2.05, 4.69) is 31.6 Å². The number of thiophene rings is 1. The van der Waals surface area contributed by atoms with Gasteiger partial charge in [-0.2, -0.15) is 5.26 Å². The zero-order chi connectivity index (χ0) is 23.6. The summed E-state index contributed by atoms with van der Waals surface area (Å²) in [6.07, 6.45) is 2.93. The molecule has 0 aliphatic carbocycles. The third-order valence-electron chi connectivity index (χ3n) is 6.66. The van der Waals surface area contributed by atoms with Crippen molar-refractivity contribution in [3.63, 3.8) is 0 Å². The smallest absolute Gasteiger partial charge is 0.263 e. The van der Waals surface area contributed by atoms with E-state index in [0.29, 0.717) is 44.1 Å². The molecule has 0 spiro atoms. The Morgan fingerprint density at radius 3 is 2.94 bits per heavy atom. The zero-order valence-corrected chi connectivity index (χ0v) is 19.2. The van der Waals surface area contributed by atoms with E-state index in [1.54, 1.807) is 6.20 Å².